The Kier molecular flexibility index (Phi) is 4.82. The van der Waals surface area contributed by atoms with Crippen molar-refractivity contribution >= 4 is 5.91 Å². The number of benzene rings is 1. The number of rotatable bonds is 5. The zero-order valence-electron chi connectivity index (χ0n) is 13.9. The second kappa shape index (κ2) is 7.02. The normalized spacial score (nSPS) is 21.1. The van der Waals surface area contributed by atoms with Crippen LogP contribution in [0.5, 0.6) is 0 Å². The maximum atomic E-state index is 12.5. The van der Waals surface area contributed by atoms with Crippen LogP contribution in [0.25, 0.3) is 5.69 Å². The molecule has 1 amide bonds. The zero-order chi connectivity index (χ0) is 17.1. The van der Waals surface area contributed by atoms with E-state index in [2.05, 4.69) is 22.2 Å². The average Bonchev–Trinajstić information content (AvgIpc) is 3.18. The Morgan fingerprint density at radius 2 is 2.08 bits per heavy atom. The van der Waals surface area contributed by atoms with Gasteiger partial charge < -0.3 is 10.1 Å². The minimum atomic E-state index is -0.299. The molecular weight excluding hydrogens is 308 g/mol. The predicted octanol–water partition coefficient (Wildman–Crippen LogP) is 0.614. The first-order valence-electron chi connectivity index (χ1n) is 8.06. The highest BCUT2D eigenvalue weighted by molar-refractivity contribution is 5.92. The maximum absolute atomic E-state index is 12.5. The standard InChI is InChI=1S/C17H22N4O3/c1-3-20-10-14(15(11-20)24-2)18-17(23)13-9-16(22)21(19-13)12-7-5-4-6-8-12/h4-9,14-15,19H,3,10-11H2,1-2H3,(H,18,23)/t14-,15-/m0/s1. The van der Waals surface area contributed by atoms with Crippen LogP contribution < -0.4 is 10.9 Å². The largest absolute Gasteiger partial charge is 0.378 e. The lowest BCUT2D eigenvalue weighted by Gasteiger charge is -2.17. The number of likely N-dealkylation sites (N-methyl/N-ethyl adjacent to an activating group) is 1. The molecule has 1 aromatic heterocycles. The summed E-state index contributed by atoms with van der Waals surface area (Å²) in [6.45, 7) is 4.52. The van der Waals surface area contributed by atoms with E-state index >= 15 is 0 Å². The summed E-state index contributed by atoms with van der Waals surface area (Å²) in [5.41, 5.74) is 0.666. The summed E-state index contributed by atoms with van der Waals surface area (Å²) in [6, 6.07) is 10.4. The Balaban J connectivity index is 1.75. The van der Waals surface area contributed by atoms with Crippen LogP contribution in [0.1, 0.15) is 17.4 Å². The molecule has 128 valence electrons. The van der Waals surface area contributed by atoms with Gasteiger partial charge in [0.05, 0.1) is 17.8 Å². The number of carbonyl (C=O) groups is 1. The van der Waals surface area contributed by atoms with Crippen molar-refractivity contribution < 1.29 is 9.53 Å². The van der Waals surface area contributed by atoms with Gasteiger partial charge in [-0.25, -0.2) is 4.68 Å². The summed E-state index contributed by atoms with van der Waals surface area (Å²) in [6.07, 6.45) is -0.0446. The minimum absolute atomic E-state index is 0.0446. The third kappa shape index (κ3) is 3.27. The van der Waals surface area contributed by atoms with Crippen LogP contribution in [0.4, 0.5) is 0 Å². The van der Waals surface area contributed by atoms with Crippen LogP contribution in [-0.2, 0) is 4.74 Å². The number of hydrogen-bond acceptors (Lipinski definition) is 4. The first-order chi connectivity index (χ1) is 11.6. The number of aromatic amines is 1. The van der Waals surface area contributed by atoms with Gasteiger partial charge in [-0.05, 0) is 18.7 Å². The second-order valence-electron chi connectivity index (χ2n) is 5.89. The van der Waals surface area contributed by atoms with Gasteiger partial charge in [-0.15, -0.1) is 0 Å². The lowest BCUT2D eigenvalue weighted by atomic mass is 10.2. The molecule has 0 aliphatic carbocycles. The van der Waals surface area contributed by atoms with E-state index in [0.717, 1.165) is 19.6 Å². The Morgan fingerprint density at radius 1 is 1.33 bits per heavy atom. The monoisotopic (exact) mass is 330 g/mol. The molecule has 1 aromatic carbocycles. The highest BCUT2D eigenvalue weighted by Gasteiger charge is 2.33. The first-order valence-corrected chi connectivity index (χ1v) is 8.06. The number of H-pyrrole nitrogens is 1. The van der Waals surface area contributed by atoms with E-state index < -0.39 is 0 Å². The van der Waals surface area contributed by atoms with Gasteiger partial charge in [0.1, 0.15) is 5.69 Å². The number of carbonyl (C=O) groups excluding carboxylic acids is 1. The fraction of sp³-hybridized carbons (Fsp3) is 0.412. The topological polar surface area (TPSA) is 79.4 Å². The summed E-state index contributed by atoms with van der Waals surface area (Å²) in [5.74, 6) is -0.299. The van der Waals surface area contributed by atoms with Crippen molar-refractivity contribution in [3.63, 3.8) is 0 Å². The summed E-state index contributed by atoms with van der Waals surface area (Å²) >= 11 is 0. The molecule has 1 fully saturated rings. The lowest BCUT2D eigenvalue weighted by molar-refractivity contribution is 0.0759. The molecule has 7 nitrogen and oxygen atoms in total. The Morgan fingerprint density at radius 3 is 2.75 bits per heavy atom. The maximum Gasteiger partial charge on any atom is 0.271 e. The number of nitrogens with one attached hydrogen (secondary N) is 2. The molecule has 2 N–H and O–H groups in total. The van der Waals surface area contributed by atoms with E-state index in [0.29, 0.717) is 5.69 Å². The Hall–Kier alpha value is -2.38. The number of para-hydroxylation sites is 1. The molecule has 0 bridgehead atoms. The van der Waals surface area contributed by atoms with E-state index in [1.54, 1.807) is 19.2 Å². The Labute approximate surface area is 140 Å². The average molecular weight is 330 g/mol. The van der Waals surface area contributed by atoms with Crippen molar-refractivity contribution in [2.45, 2.75) is 19.1 Å². The third-order valence-corrected chi connectivity index (χ3v) is 4.39. The molecule has 0 saturated carbocycles. The van der Waals surface area contributed by atoms with Gasteiger partial charge in [-0.2, -0.15) is 0 Å². The summed E-state index contributed by atoms with van der Waals surface area (Å²) in [4.78, 5) is 26.8. The van der Waals surface area contributed by atoms with Crippen LogP contribution in [0.15, 0.2) is 41.2 Å². The summed E-state index contributed by atoms with van der Waals surface area (Å²) in [5, 5.41) is 5.83. The van der Waals surface area contributed by atoms with Crippen molar-refractivity contribution in [1.82, 2.24) is 20.0 Å². The second-order valence-corrected chi connectivity index (χ2v) is 5.89. The van der Waals surface area contributed by atoms with Crippen molar-refractivity contribution in [1.29, 1.82) is 0 Å². The molecule has 3 rings (SSSR count). The van der Waals surface area contributed by atoms with Crippen molar-refractivity contribution in [3.05, 3.63) is 52.4 Å². The molecule has 2 atom stereocenters. The quantitative estimate of drug-likeness (QED) is 0.842. The zero-order valence-corrected chi connectivity index (χ0v) is 13.9. The van der Waals surface area contributed by atoms with Gasteiger partial charge in [-0.1, -0.05) is 25.1 Å². The van der Waals surface area contributed by atoms with Crippen molar-refractivity contribution in [2.75, 3.05) is 26.7 Å². The van der Waals surface area contributed by atoms with Gasteiger partial charge >= 0.3 is 0 Å². The van der Waals surface area contributed by atoms with Crippen LogP contribution in [0.3, 0.4) is 0 Å². The molecule has 1 saturated heterocycles. The number of hydrogen-bond donors (Lipinski definition) is 2. The molecule has 0 spiro atoms. The first kappa shape index (κ1) is 16.5. The highest BCUT2D eigenvalue weighted by atomic mass is 16.5. The summed E-state index contributed by atoms with van der Waals surface area (Å²) < 4.78 is 6.81. The fourth-order valence-corrected chi connectivity index (χ4v) is 3.01. The molecule has 1 aliphatic heterocycles. The number of ether oxygens (including phenoxy) is 1. The molecule has 2 heterocycles. The van der Waals surface area contributed by atoms with E-state index in [1.165, 1.54) is 10.7 Å². The molecular formula is C17H22N4O3. The smallest absolute Gasteiger partial charge is 0.271 e. The van der Waals surface area contributed by atoms with Crippen LogP contribution >= 0.6 is 0 Å². The van der Waals surface area contributed by atoms with E-state index in [-0.39, 0.29) is 29.3 Å². The third-order valence-electron chi connectivity index (χ3n) is 4.39. The van der Waals surface area contributed by atoms with Gasteiger partial charge in [0.15, 0.2) is 0 Å². The molecule has 0 unspecified atom stereocenters. The Bertz CT molecular complexity index is 753. The lowest BCUT2D eigenvalue weighted by Crippen LogP contribution is -2.43. The van der Waals surface area contributed by atoms with E-state index in [9.17, 15) is 9.59 Å². The SMILES string of the molecule is CCN1C[C@H](NC(=O)c2cc(=O)n(-c3ccccc3)[nH]2)[C@@H](OC)C1. The minimum Gasteiger partial charge on any atom is -0.378 e. The number of nitrogens with zero attached hydrogens (tertiary/aromatic N) is 2. The molecule has 0 radical (unpaired) electrons. The van der Waals surface area contributed by atoms with Gasteiger partial charge in [0.2, 0.25) is 0 Å². The number of methoxy groups -OCH3 is 1. The summed E-state index contributed by atoms with van der Waals surface area (Å²) in [7, 11) is 1.65. The number of likely N-dealkylation sites (tertiary alicyclic amines) is 1. The van der Waals surface area contributed by atoms with Crippen LogP contribution in [0, 0.1) is 0 Å². The predicted molar refractivity (Wildman–Crippen MR) is 90.6 cm³/mol. The van der Waals surface area contributed by atoms with E-state index in [1.807, 2.05) is 18.2 Å². The van der Waals surface area contributed by atoms with E-state index in [4.69, 9.17) is 4.74 Å². The van der Waals surface area contributed by atoms with Crippen molar-refractivity contribution in [2.24, 2.45) is 0 Å². The molecule has 1 aliphatic rings. The van der Waals surface area contributed by atoms with Crippen LogP contribution in [-0.4, -0.2) is 59.5 Å². The highest BCUT2D eigenvalue weighted by Crippen LogP contribution is 2.13. The molecule has 7 heteroatoms. The van der Waals surface area contributed by atoms with Gasteiger partial charge in [0.25, 0.3) is 11.5 Å². The van der Waals surface area contributed by atoms with Crippen LogP contribution in [0.2, 0.25) is 0 Å². The number of amides is 1. The van der Waals surface area contributed by atoms with Gasteiger partial charge in [0, 0.05) is 26.3 Å². The fourth-order valence-electron chi connectivity index (χ4n) is 3.01. The molecule has 2 aromatic rings. The van der Waals surface area contributed by atoms with Crippen molar-refractivity contribution in [3.8, 4) is 5.69 Å². The molecule has 24 heavy (non-hydrogen) atoms. The van der Waals surface area contributed by atoms with Gasteiger partial charge in [-0.3, -0.25) is 19.6 Å². The number of aromatic nitrogens is 2.